The SMILES string of the molecule is O=c1c2cc(OCc3ccc(Cl)c(Cl)c3)ccc2nc2n1CCC2. The van der Waals surface area contributed by atoms with Crippen molar-refractivity contribution >= 4 is 34.1 Å². The van der Waals surface area contributed by atoms with Gasteiger partial charge in [0.1, 0.15) is 18.2 Å². The second-order valence-corrected chi connectivity index (χ2v) is 6.62. The van der Waals surface area contributed by atoms with Crippen LogP contribution < -0.4 is 10.3 Å². The highest BCUT2D eigenvalue weighted by Crippen LogP contribution is 2.24. The predicted octanol–water partition coefficient (Wildman–Crippen LogP) is 4.23. The zero-order valence-electron chi connectivity index (χ0n) is 12.8. The van der Waals surface area contributed by atoms with Gasteiger partial charge in [0.25, 0.3) is 5.56 Å². The number of fused-ring (bicyclic) bond motifs is 2. The lowest BCUT2D eigenvalue weighted by Gasteiger charge is -2.09. The molecule has 4 nitrogen and oxygen atoms in total. The lowest BCUT2D eigenvalue weighted by atomic mass is 10.2. The normalized spacial score (nSPS) is 13.2. The fraction of sp³-hybridized carbons (Fsp3) is 0.222. The third-order valence-electron chi connectivity index (χ3n) is 4.18. The lowest BCUT2D eigenvalue weighted by Crippen LogP contribution is -2.20. The fourth-order valence-corrected chi connectivity index (χ4v) is 3.27. The number of nitrogens with zero attached hydrogens (tertiary/aromatic N) is 2. The molecule has 0 unspecified atom stereocenters. The topological polar surface area (TPSA) is 44.1 Å². The molecule has 0 N–H and O–H groups in total. The van der Waals surface area contributed by atoms with Gasteiger partial charge in [0, 0.05) is 13.0 Å². The molecule has 0 bridgehead atoms. The summed E-state index contributed by atoms with van der Waals surface area (Å²) >= 11 is 11.9. The maximum absolute atomic E-state index is 12.6. The van der Waals surface area contributed by atoms with Crippen LogP contribution in [0, 0.1) is 0 Å². The number of hydrogen-bond donors (Lipinski definition) is 0. The van der Waals surface area contributed by atoms with Crippen LogP contribution in [0.5, 0.6) is 5.75 Å². The number of halogens is 2. The number of ether oxygens (including phenoxy) is 1. The summed E-state index contributed by atoms with van der Waals surface area (Å²) < 4.78 is 7.55. The molecule has 6 heteroatoms. The highest BCUT2D eigenvalue weighted by Gasteiger charge is 2.16. The van der Waals surface area contributed by atoms with E-state index in [4.69, 9.17) is 27.9 Å². The summed E-state index contributed by atoms with van der Waals surface area (Å²) in [5.41, 5.74) is 1.64. The Labute approximate surface area is 148 Å². The van der Waals surface area contributed by atoms with E-state index in [9.17, 15) is 4.79 Å². The number of aryl methyl sites for hydroxylation is 1. The van der Waals surface area contributed by atoms with Gasteiger partial charge < -0.3 is 4.74 Å². The van der Waals surface area contributed by atoms with E-state index in [0.29, 0.717) is 27.8 Å². The molecular weight excluding hydrogens is 347 g/mol. The molecule has 0 saturated heterocycles. The first-order valence-corrected chi connectivity index (χ1v) is 8.47. The van der Waals surface area contributed by atoms with Crippen molar-refractivity contribution < 1.29 is 4.74 Å². The molecule has 0 radical (unpaired) electrons. The summed E-state index contributed by atoms with van der Waals surface area (Å²) in [6.45, 7) is 1.09. The zero-order valence-corrected chi connectivity index (χ0v) is 14.3. The molecule has 1 aliphatic heterocycles. The van der Waals surface area contributed by atoms with Crippen molar-refractivity contribution in [2.45, 2.75) is 26.0 Å². The second-order valence-electron chi connectivity index (χ2n) is 5.80. The van der Waals surface area contributed by atoms with Crippen LogP contribution in [0.25, 0.3) is 10.9 Å². The Morgan fingerprint density at radius 1 is 1.12 bits per heavy atom. The molecule has 0 amide bonds. The van der Waals surface area contributed by atoms with Crippen molar-refractivity contribution in [3.8, 4) is 5.75 Å². The van der Waals surface area contributed by atoms with Gasteiger partial charge in [0.05, 0.1) is 20.9 Å². The highest BCUT2D eigenvalue weighted by molar-refractivity contribution is 6.42. The monoisotopic (exact) mass is 360 g/mol. The molecule has 24 heavy (non-hydrogen) atoms. The van der Waals surface area contributed by atoms with Crippen molar-refractivity contribution in [2.75, 3.05) is 0 Å². The first kappa shape index (κ1) is 15.5. The van der Waals surface area contributed by atoms with E-state index in [2.05, 4.69) is 4.98 Å². The number of hydrogen-bond acceptors (Lipinski definition) is 3. The van der Waals surface area contributed by atoms with Gasteiger partial charge in [-0.25, -0.2) is 4.98 Å². The standard InChI is InChI=1S/C18H14Cl2N2O2/c19-14-5-3-11(8-15(14)20)10-24-12-4-6-16-13(9-12)18(23)22-7-1-2-17(22)21-16/h3-6,8-9H,1-2,7,10H2. The minimum atomic E-state index is 0.00693. The van der Waals surface area contributed by atoms with Crippen LogP contribution >= 0.6 is 23.2 Å². The Morgan fingerprint density at radius 3 is 2.83 bits per heavy atom. The van der Waals surface area contributed by atoms with Crippen LogP contribution in [0.3, 0.4) is 0 Å². The molecule has 1 aromatic heterocycles. The van der Waals surface area contributed by atoms with Gasteiger partial charge in [-0.1, -0.05) is 29.3 Å². The molecular formula is C18H14Cl2N2O2. The Balaban J connectivity index is 1.63. The third kappa shape index (κ3) is 2.76. The summed E-state index contributed by atoms with van der Waals surface area (Å²) in [5, 5.41) is 1.60. The van der Waals surface area contributed by atoms with Crippen molar-refractivity contribution in [2.24, 2.45) is 0 Å². The molecule has 1 aliphatic rings. The molecule has 122 valence electrons. The van der Waals surface area contributed by atoms with E-state index in [1.807, 2.05) is 18.2 Å². The van der Waals surface area contributed by atoms with Gasteiger partial charge in [-0.3, -0.25) is 9.36 Å². The predicted molar refractivity (Wildman–Crippen MR) is 95.1 cm³/mol. The van der Waals surface area contributed by atoms with Gasteiger partial charge in [0.2, 0.25) is 0 Å². The molecule has 0 spiro atoms. The summed E-state index contributed by atoms with van der Waals surface area (Å²) in [4.78, 5) is 17.1. The van der Waals surface area contributed by atoms with E-state index in [1.54, 1.807) is 22.8 Å². The maximum atomic E-state index is 12.6. The molecule has 2 heterocycles. The highest BCUT2D eigenvalue weighted by atomic mass is 35.5. The number of benzene rings is 2. The fourth-order valence-electron chi connectivity index (χ4n) is 2.95. The van der Waals surface area contributed by atoms with Crippen molar-refractivity contribution in [3.63, 3.8) is 0 Å². The molecule has 0 aliphatic carbocycles. The smallest absolute Gasteiger partial charge is 0.261 e. The molecule has 0 saturated carbocycles. The van der Waals surface area contributed by atoms with Gasteiger partial charge in [-0.05, 0) is 42.3 Å². The van der Waals surface area contributed by atoms with E-state index in [-0.39, 0.29) is 5.56 Å². The van der Waals surface area contributed by atoms with Gasteiger partial charge in [-0.2, -0.15) is 0 Å². The summed E-state index contributed by atoms with van der Waals surface area (Å²) in [5.74, 6) is 1.50. The first-order chi connectivity index (χ1) is 11.6. The van der Waals surface area contributed by atoms with Crippen molar-refractivity contribution in [1.29, 1.82) is 0 Å². The molecule has 4 rings (SSSR count). The second kappa shape index (κ2) is 6.11. The first-order valence-electron chi connectivity index (χ1n) is 7.72. The Morgan fingerprint density at radius 2 is 2.00 bits per heavy atom. The van der Waals surface area contributed by atoms with Crippen LogP contribution in [-0.2, 0) is 19.6 Å². The Hall–Kier alpha value is -2.04. The van der Waals surface area contributed by atoms with Crippen molar-refractivity contribution in [1.82, 2.24) is 9.55 Å². The Kier molecular flexibility index (Phi) is 3.94. The zero-order chi connectivity index (χ0) is 16.7. The molecule has 0 fully saturated rings. The number of aromatic nitrogens is 2. The number of rotatable bonds is 3. The quantitative estimate of drug-likeness (QED) is 0.701. The minimum Gasteiger partial charge on any atom is -0.489 e. The van der Waals surface area contributed by atoms with Crippen LogP contribution in [0.4, 0.5) is 0 Å². The summed E-state index contributed by atoms with van der Waals surface area (Å²) in [6.07, 6.45) is 1.83. The van der Waals surface area contributed by atoms with Gasteiger partial charge >= 0.3 is 0 Å². The van der Waals surface area contributed by atoms with Gasteiger partial charge in [-0.15, -0.1) is 0 Å². The third-order valence-corrected chi connectivity index (χ3v) is 4.92. The van der Waals surface area contributed by atoms with Gasteiger partial charge in [0.15, 0.2) is 0 Å². The van der Waals surface area contributed by atoms with E-state index < -0.39 is 0 Å². The van der Waals surface area contributed by atoms with Crippen LogP contribution in [-0.4, -0.2) is 9.55 Å². The molecule has 2 aromatic carbocycles. The maximum Gasteiger partial charge on any atom is 0.261 e. The minimum absolute atomic E-state index is 0.00693. The van der Waals surface area contributed by atoms with Crippen LogP contribution in [0.2, 0.25) is 10.0 Å². The van der Waals surface area contributed by atoms with Crippen molar-refractivity contribution in [3.05, 3.63) is 68.2 Å². The Bertz CT molecular complexity index is 998. The largest absolute Gasteiger partial charge is 0.489 e. The van der Waals surface area contributed by atoms with E-state index >= 15 is 0 Å². The van der Waals surface area contributed by atoms with E-state index in [1.165, 1.54) is 0 Å². The summed E-state index contributed by atoms with van der Waals surface area (Å²) in [7, 11) is 0. The lowest BCUT2D eigenvalue weighted by molar-refractivity contribution is 0.306. The summed E-state index contributed by atoms with van der Waals surface area (Å²) in [6, 6.07) is 10.8. The molecule has 0 atom stereocenters. The molecule has 3 aromatic rings. The average molecular weight is 361 g/mol. The van der Waals surface area contributed by atoms with Crippen LogP contribution in [0.1, 0.15) is 17.8 Å². The average Bonchev–Trinajstić information content (AvgIpc) is 3.05. The van der Waals surface area contributed by atoms with Crippen LogP contribution in [0.15, 0.2) is 41.2 Å². The van der Waals surface area contributed by atoms with E-state index in [0.717, 1.165) is 36.3 Å².